The molecule has 2 fully saturated rings. The molecular weight excluding hydrogens is 432 g/mol. The first-order valence-electron chi connectivity index (χ1n) is 11.6. The molecule has 1 amide bonds. The van der Waals surface area contributed by atoms with E-state index < -0.39 is 0 Å². The van der Waals surface area contributed by atoms with Crippen LogP contribution in [0, 0.1) is 6.92 Å². The summed E-state index contributed by atoms with van der Waals surface area (Å²) in [7, 11) is 1.73. The second-order valence-electron chi connectivity index (χ2n) is 8.96. The van der Waals surface area contributed by atoms with Gasteiger partial charge in [-0.15, -0.1) is 11.3 Å². The average Bonchev–Trinajstić information content (AvgIpc) is 3.53. The first-order chi connectivity index (χ1) is 16.1. The van der Waals surface area contributed by atoms with Crippen LogP contribution in [-0.2, 0) is 17.8 Å². The number of hydrogen-bond acceptors (Lipinski definition) is 6. The van der Waals surface area contributed by atoms with Crippen molar-refractivity contribution in [3.8, 4) is 0 Å². The lowest BCUT2D eigenvalue weighted by Crippen LogP contribution is -2.49. The molecule has 0 unspecified atom stereocenters. The van der Waals surface area contributed by atoms with Gasteiger partial charge in [-0.3, -0.25) is 4.79 Å². The minimum Gasteiger partial charge on any atom is -0.378 e. The first-order valence-corrected chi connectivity index (χ1v) is 12.5. The van der Waals surface area contributed by atoms with Crippen molar-refractivity contribution in [3.05, 3.63) is 74.9 Å². The highest BCUT2D eigenvalue weighted by molar-refractivity contribution is 7.12. The summed E-state index contributed by atoms with van der Waals surface area (Å²) in [6, 6.07) is 12.5. The fourth-order valence-corrected chi connectivity index (χ4v) is 5.15. The zero-order valence-corrected chi connectivity index (χ0v) is 20.1. The molecule has 1 aliphatic carbocycles. The van der Waals surface area contributed by atoms with Crippen molar-refractivity contribution >= 4 is 23.1 Å². The number of hydrogen-bond donors (Lipinski definition) is 0. The molecule has 172 valence electrons. The van der Waals surface area contributed by atoms with Gasteiger partial charge >= 0.3 is 0 Å². The third-order valence-electron chi connectivity index (χ3n) is 6.37. The van der Waals surface area contributed by atoms with Gasteiger partial charge in [0.25, 0.3) is 5.91 Å². The molecule has 7 heteroatoms. The molecule has 6 nitrogen and oxygen atoms in total. The van der Waals surface area contributed by atoms with E-state index in [2.05, 4.69) is 36.1 Å². The zero-order valence-electron chi connectivity index (χ0n) is 19.3. The lowest BCUT2D eigenvalue weighted by Gasteiger charge is -2.36. The standard InChI is InChI=1S/C26H30N4O2S/c1-18-5-3-6-19(15-18)16-21-22(17-32-2)27-24(20-8-9-20)28-25(21)29-10-12-30(13-11-29)26(31)23-7-4-14-33-23/h3-7,14-15,20H,8-13,16-17H2,1-2H3. The minimum atomic E-state index is 0.131. The van der Waals surface area contributed by atoms with E-state index in [1.807, 2.05) is 22.4 Å². The molecule has 3 aromatic rings. The number of thiophene rings is 1. The highest BCUT2D eigenvalue weighted by Crippen LogP contribution is 2.40. The van der Waals surface area contributed by atoms with Crippen LogP contribution in [-0.4, -0.2) is 54.1 Å². The van der Waals surface area contributed by atoms with Gasteiger partial charge in [-0.25, -0.2) is 9.97 Å². The Hall–Kier alpha value is -2.77. The van der Waals surface area contributed by atoms with E-state index in [0.717, 1.165) is 60.1 Å². The number of aromatic nitrogens is 2. The maximum absolute atomic E-state index is 12.8. The van der Waals surface area contributed by atoms with Gasteiger partial charge in [0, 0.05) is 51.2 Å². The van der Waals surface area contributed by atoms with Crippen molar-refractivity contribution in [1.29, 1.82) is 0 Å². The van der Waals surface area contributed by atoms with E-state index >= 15 is 0 Å². The Morgan fingerprint density at radius 3 is 2.61 bits per heavy atom. The fraction of sp³-hybridized carbons (Fsp3) is 0.423. The molecule has 1 saturated carbocycles. The molecule has 0 N–H and O–H groups in total. The SMILES string of the molecule is COCc1nc(C2CC2)nc(N2CCN(C(=O)c3cccs3)CC2)c1Cc1cccc(C)c1. The van der Waals surface area contributed by atoms with Gasteiger partial charge in [-0.2, -0.15) is 0 Å². The van der Waals surface area contributed by atoms with Crippen LogP contribution in [0.4, 0.5) is 5.82 Å². The molecule has 1 aliphatic heterocycles. The predicted octanol–water partition coefficient (Wildman–Crippen LogP) is 4.42. The third kappa shape index (κ3) is 4.94. The van der Waals surface area contributed by atoms with Crippen LogP contribution in [0.15, 0.2) is 41.8 Å². The summed E-state index contributed by atoms with van der Waals surface area (Å²) in [5, 5.41) is 1.96. The molecule has 0 spiro atoms. The van der Waals surface area contributed by atoms with Crippen molar-refractivity contribution in [3.63, 3.8) is 0 Å². The largest absolute Gasteiger partial charge is 0.378 e. The second kappa shape index (κ2) is 9.61. The number of carbonyl (C=O) groups excluding carboxylic acids is 1. The number of amides is 1. The summed E-state index contributed by atoms with van der Waals surface area (Å²) in [5.41, 5.74) is 4.63. The number of benzene rings is 1. The van der Waals surface area contributed by atoms with Crippen LogP contribution in [0.5, 0.6) is 0 Å². The van der Waals surface area contributed by atoms with Crippen molar-refractivity contribution in [2.24, 2.45) is 0 Å². The number of nitrogens with zero attached hydrogens (tertiary/aromatic N) is 4. The molecule has 5 rings (SSSR count). The molecule has 33 heavy (non-hydrogen) atoms. The summed E-state index contributed by atoms with van der Waals surface area (Å²) in [6.07, 6.45) is 3.09. The summed E-state index contributed by atoms with van der Waals surface area (Å²) >= 11 is 1.51. The van der Waals surface area contributed by atoms with Crippen molar-refractivity contribution in [1.82, 2.24) is 14.9 Å². The van der Waals surface area contributed by atoms with Crippen LogP contribution >= 0.6 is 11.3 Å². The summed E-state index contributed by atoms with van der Waals surface area (Å²) in [5.74, 6) is 2.56. The molecular formula is C26H30N4O2S. The van der Waals surface area contributed by atoms with Gasteiger partial charge < -0.3 is 14.5 Å². The smallest absolute Gasteiger partial charge is 0.264 e. The minimum absolute atomic E-state index is 0.131. The number of rotatable bonds is 7. The number of piperazine rings is 1. The highest BCUT2D eigenvalue weighted by atomic mass is 32.1. The fourth-order valence-electron chi connectivity index (χ4n) is 4.46. The number of anilines is 1. The quantitative estimate of drug-likeness (QED) is 0.520. The van der Waals surface area contributed by atoms with Gasteiger partial charge in [0.05, 0.1) is 17.2 Å². The third-order valence-corrected chi connectivity index (χ3v) is 7.23. The molecule has 0 bridgehead atoms. The van der Waals surface area contributed by atoms with Crippen LogP contribution < -0.4 is 4.90 Å². The van der Waals surface area contributed by atoms with Gasteiger partial charge in [0.2, 0.25) is 0 Å². The topological polar surface area (TPSA) is 58.6 Å². The lowest BCUT2D eigenvalue weighted by molar-refractivity contribution is 0.0751. The van der Waals surface area contributed by atoms with Gasteiger partial charge in [0.15, 0.2) is 0 Å². The monoisotopic (exact) mass is 462 g/mol. The number of aryl methyl sites for hydroxylation is 1. The first kappa shape index (κ1) is 22.0. The van der Waals surface area contributed by atoms with Crippen LogP contribution in [0.2, 0.25) is 0 Å². The predicted molar refractivity (Wildman–Crippen MR) is 131 cm³/mol. The Morgan fingerprint density at radius 1 is 1.12 bits per heavy atom. The summed E-state index contributed by atoms with van der Waals surface area (Å²) < 4.78 is 5.56. The average molecular weight is 463 g/mol. The molecule has 2 aromatic heterocycles. The number of carbonyl (C=O) groups is 1. The Balaban J connectivity index is 1.44. The van der Waals surface area contributed by atoms with Gasteiger partial charge in [-0.1, -0.05) is 35.9 Å². The molecule has 0 atom stereocenters. The van der Waals surface area contributed by atoms with E-state index in [-0.39, 0.29) is 5.91 Å². The number of methoxy groups -OCH3 is 1. The van der Waals surface area contributed by atoms with E-state index in [1.54, 1.807) is 7.11 Å². The Labute approximate surface area is 199 Å². The van der Waals surface area contributed by atoms with Crippen molar-refractivity contribution < 1.29 is 9.53 Å². The second-order valence-corrected chi connectivity index (χ2v) is 9.91. The molecule has 1 aromatic carbocycles. The van der Waals surface area contributed by atoms with E-state index in [9.17, 15) is 4.79 Å². The molecule has 0 radical (unpaired) electrons. The van der Waals surface area contributed by atoms with Crippen molar-refractivity contribution in [2.45, 2.75) is 38.7 Å². The van der Waals surface area contributed by atoms with Crippen LogP contribution in [0.1, 0.15) is 56.6 Å². The maximum Gasteiger partial charge on any atom is 0.264 e. The van der Waals surface area contributed by atoms with Gasteiger partial charge in [0.1, 0.15) is 11.6 Å². The van der Waals surface area contributed by atoms with Crippen molar-refractivity contribution in [2.75, 3.05) is 38.2 Å². The number of ether oxygens (including phenoxy) is 1. The Bertz CT molecular complexity index is 1120. The molecule has 1 saturated heterocycles. The molecule has 3 heterocycles. The zero-order chi connectivity index (χ0) is 22.8. The van der Waals surface area contributed by atoms with Crippen LogP contribution in [0.3, 0.4) is 0 Å². The normalized spacial score (nSPS) is 16.3. The van der Waals surface area contributed by atoms with Crippen LogP contribution in [0.25, 0.3) is 0 Å². The van der Waals surface area contributed by atoms with E-state index in [0.29, 0.717) is 25.6 Å². The summed E-state index contributed by atoms with van der Waals surface area (Å²) in [6.45, 7) is 5.53. The van der Waals surface area contributed by atoms with E-state index in [4.69, 9.17) is 14.7 Å². The Kier molecular flexibility index (Phi) is 6.42. The van der Waals surface area contributed by atoms with E-state index in [1.165, 1.54) is 22.5 Å². The Morgan fingerprint density at radius 2 is 1.94 bits per heavy atom. The van der Waals surface area contributed by atoms with Gasteiger partial charge in [-0.05, 0) is 36.8 Å². The maximum atomic E-state index is 12.8. The highest BCUT2D eigenvalue weighted by Gasteiger charge is 2.31. The lowest BCUT2D eigenvalue weighted by atomic mass is 10.0. The molecule has 2 aliphatic rings. The summed E-state index contributed by atoms with van der Waals surface area (Å²) in [4.78, 5) is 28.0.